The second kappa shape index (κ2) is 10.6. The van der Waals surface area contributed by atoms with Crippen molar-refractivity contribution in [3.8, 4) is 0 Å². The van der Waals surface area contributed by atoms with E-state index in [1.54, 1.807) is 6.82 Å². The highest BCUT2D eigenvalue weighted by Crippen LogP contribution is 2.09. The lowest BCUT2D eigenvalue weighted by molar-refractivity contribution is -0.123. The van der Waals surface area contributed by atoms with Gasteiger partial charge >= 0.3 is 6.92 Å². The van der Waals surface area contributed by atoms with Gasteiger partial charge in [-0.3, -0.25) is 14.6 Å². The molecule has 1 heterocycles. The molecule has 1 aromatic carbocycles. The molecule has 1 aromatic heterocycles. The molecule has 148 valence electrons. The van der Waals surface area contributed by atoms with E-state index < -0.39 is 18.9 Å². The molecule has 2 unspecified atom stereocenters. The van der Waals surface area contributed by atoms with Crippen LogP contribution in [-0.2, 0) is 11.2 Å². The largest absolute Gasteiger partial charge is 0.449 e. The van der Waals surface area contributed by atoms with Crippen LogP contribution in [0, 0.1) is 5.92 Å². The van der Waals surface area contributed by atoms with Crippen LogP contribution in [0.4, 0.5) is 0 Å². The molecule has 0 aliphatic carbocycles. The standard InChI is InChI=1S/C20H27BN4O3/c1-14(2)11-18(21(3)28)25-19(26)16(12-15-7-5-4-6-8-15)24-20(27)17-13-22-9-10-23-17/h4-10,13-14,16,18,28H,11-12H2,1-3H3,(H,24,27)(H,25,26). The molecule has 0 saturated heterocycles. The first kappa shape index (κ1) is 21.6. The number of aromatic nitrogens is 2. The van der Waals surface area contributed by atoms with Crippen molar-refractivity contribution in [3.63, 3.8) is 0 Å². The van der Waals surface area contributed by atoms with Crippen molar-refractivity contribution in [1.82, 2.24) is 20.6 Å². The van der Waals surface area contributed by atoms with Gasteiger partial charge in [-0.2, -0.15) is 0 Å². The van der Waals surface area contributed by atoms with Gasteiger partial charge in [0, 0.05) is 24.8 Å². The number of carbonyl (C=O) groups excluding carboxylic acids is 2. The zero-order chi connectivity index (χ0) is 20.5. The molecular formula is C20H27BN4O3. The number of amides is 2. The molecule has 8 heteroatoms. The molecule has 28 heavy (non-hydrogen) atoms. The fourth-order valence-corrected chi connectivity index (χ4v) is 2.88. The van der Waals surface area contributed by atoms with Crippen LogP contribution < -0.4 is 10.6 Å². The summed E-state index contributed by atoms with van der Waals surface area (Å²) in [5.41, 5.74) is 1.06. The fraction of sp³-hybridized carbons (Fsp3) is 0.400. The van der Waals surface area contributed by atoms with Gasteiger partial charge < -0.3 is 15.7 Å². The molecular weight excluding hydrogens is 355 g/mol. The maximum Gasteiger partial charge on any atom is 0.308 e. The minimum atomic E-state index is -0.801. The minimum Gasteiger partial charge on any atom is -0.449 e. The van der Waals surface area contributed by atoms with E-state index in [9.17, 15) is 14.6 Å². The Kier molecular flexibility index (Phi) is 8.13. The number of hydrogen-bond acceptors (Lipinski definition) is 5. The third kappa shape index (κ3) is 6.77. The number of rotatable bonds is 9. The molecule has 0 fully saturated rings. The summed E-state index contributed by atoms with van der Waals surface area (Å²) < 4.78 is 0. The highest BCUT2D eigenvalue weighted by molar-refractivity contribution is 6.51. The van der Waals surface area contributed by atoms with Crippen LogP contribution in [0.25, 0.3) is 0 Å². The Morgan fingerprint density at radius 3 is 2.43 bits per heavy atom. The van der Waals surface area contributed by atoms with Gasteiger partial charge in [-0.25, -0.2) is 4.98 Å². The van der Waals surface area contributed by atoms with Crippen LogP contribution >= 0.6 is 0 Å². The van der Waals surface area contributed by atoms with E-state index in [2.05, 4.69) is 20.6 Å². The lowest BCUT2D eigenvalue weighted by atomic mass is 9.61. The van der Waals surface area contributed by atoms with E-state index in [4.69, 9.17) is 0 Å². The Bertz CT molecular complexity index is 757. The minimum absolute atomic E-state index is 0.141. The summed E-state index contributed by atoms with van der Waals surface area (Å²) in [6, 6.07) is 8.65. The average Bonchev–Trinajstić information content (AvgIpc) is 2.68. The smallest absolute Gasteiger partial charge is 0.308 e. The summed E-state index contributed by atoms with van der Waals surface area (Å²) >= 11 is 0. The van der Waals surface area contributed by atoms with Gasteiger partial charge in [0.25, 0.3) is 5.91 Å². The second-order valence-corrected chi connectivity index (χ2v) is 7.29. The Morgan fingerprint density at radius 1 is 1.14 bits per heavy atom. The normalized spacial score (nSPS) is 12.9. The maximum absolute atomic E-state index is 12.9. The third-order valence-electron chi connectivity index (χ3n) is 4.34. The Labute approximate surface area is 166 Å². The molecule has 0 saturated carbocycles. The molecule has 7 nitrogen and oxygen atoms in total. The molecule has 2 atom stereocenters. The zero-order valence-electron chi connectivity index (χ0n) is 16.5. The van der Waals surface area contributed by atoms with Crippen LogP contribution in [0.3, 0.4) is 0 Å². The molecule has 2 aromatic rings. The van der Waals surface area contributed by atoms with Crippen molar-refractivity contribution in [2.24, 2.45) is 5.92 Å². The molecule has 0 spiro atoms. The highest BCUT2D eigenvalue weighted by atomic mass is 16.2. The maximum atomic E-state index is 12.9. The SMILES string of the molecule is CB(O)C(CC(C)C)NC(=O)C(Cc1ccccc1)NC(=O)c1cnccn1. The average molecular weight is 382 g/mol. The number of hydrogen-bond donors (Lipinski definition) is 3. The molecule has 0 aliphatic heterocycles. The molecule has 2 amide bonds. The van der Waals surface area contributed by atoms with E-state index in [0.29, 0.717) is 18.8 Å². The Morgan fingerprint density at radius 2 is 1.86 bits per heavy atom. The number of carbonyl (C=O) groups is 2. The summed E-state index contributed by atoms with van der Waals surface area (Å²) in [5.74, 6) is -0.893. The summed E-state index contributed by atoms with van der Waals surface area (Å²) in [6.45, 7) is 5.01. The molecule has 3 N–H and O–H groups in total. The molecule has 2 rings (SSSR count). The van der Waals surface area contributed by atoms with Crippen LogP contribution in [-0.4, -0.2) is 45.7 Å². The zero-order valence-corrected chi connectivity index (χ0v) is 16.5. The predicted octanol–water partition coefficient (Wildman–Crippen LogP) is 1.50. The Hall–Kier alpha value is -2.74. The molecule has 0 bridgehead atoms. The van der Waals surface area contributed by atoms with Crippen molar-refractivity contribution < 1.29 is 14.6 Å². The van der Waals surface area contributed by atoms with E-state index in [0.717, 1.165) is 5.56 Å². The molecule has 0 radical (unpaired) electrons. The van der Waals surface area contributed by atoms with Crippen LogP contribution in [0.15, 0.2) is 48.9 Å². The predicted molar refractivity (Wildman–Crippen MR) is 109 cm³/mol. The van der Waals surface area contributed by atoms with Crippen LogP contribution in [0.1, 0.15) is 36.3 Å². The summed E-state index contributed by atoms with van der Waals surface area (Å²) in [5, 5.41) is 15.7. The number of nitrogens with zero attached hydrogens (tertiary/aromatic N) is 2. The van der Waals surface area contributed by atoms with Crippen molar-refractivity contribution in [3.05, 3.63) is 60.2 Å². The first-order chi connectivity index (χ1) is 13.4. The van der Waals surface area contributed by atoms with Gasteiger partial charge in [0.15, 0.2) is 0 Å². The third-order valence-corrected chi connectivity index (χ3v) is 4.34. The van der Waals surface area contributed by atoms with Gasteiger partial charge in [-0.15, -0.1) is 0 Å². The first-order valence-corrected chi connectivity index (χ1v) is 9.46. The summed E-state index contributed by atoms with van der Waals surface area (Å²) in [6.07, 6.45) is 5.22. The van der Waals surface area contributed by atoms with Gasteiger partial charge in [-0.05, 0) is 17.9 Å². The lowest BCUT2D eigenvalue weighted by Crippen LogP contribution is -2.54. The van der Waals surface area contributed by atoms with Gasteiger partial charge in [0.2, 0.25) is 5.91 Å². The van der Waals surface area contributed by atoms with E-state index in [-0.39, 0.29) is 17.5 Å². The topological polar surface area (TPSA) is 104 Å². The second-order valence-electron chi connectivity index (χ2n) is 7.29. The van der Waals surface area contributed by atoms with Crippen molar-refractivity contribution in [2.75, 3.05) is 0 Å². The van der Waals surface area contributed by atoms with Crippen molar-refractivity contribution >= 4 is 18.7 Å². The van der Waals surface area contributed by atoms with Crippen molar-refractivity contribution in [2.45, 2.75) is 45.5 Å². The highest BCUT2D eigenvalue weighted by Gasteiger charge is 2.28. The van der Waals surface area contributed by atoms with E-state index >= 15 is 0 Å². The lowest BCUT2D eigenvalue weighted by Gasteiger charge is -2.25. The van der Waals surface area contributed by atoms with Gasteiger partial charge in [0.1, 0.15) is 11.7 Å². The quantitative estimate of drug-likeness (QED) is 0.571. The number of benzene rings is 1. The Balaban J connectivity index is 2.16. The fourth-order valence-electron chi connectivity index (χ4n) is 2.88. The summed E-state index contributed by atoms with van der Waals surface area (Å²) in [7, 11) is 0. The van der Waals surface area contributed by atoms with E-state index in [1.807, 2.05) is 44.2 Å². The number of nitrogens with one attached hydrogen (secondary N) is 2. The van der Waals surface area contributed by atoms with Gasteiger partial charge in [0.05, 0.1) is 6.20 Å². The van der Waals surface area contributed by atoms with Crippen molar-refractivity contribution in [1.29, 1.82) is 0 Å². The van der Waals surface area contributed by atoms with E-state index in [1.165, 1.54) is 18.6 Å². The van der Waals surface area contributed by atoms with Crippen LogP contribution in [0.5, 0.6) is 0 Å². The monoisotopic (exact) mass is 382 g/mol. The van der Waals surface area contributed by atoms with Crippen LogP contribution in [0.2, 0.25) is 6.82 Å². The summed E-state index contributed by atoms with van der Waals surface area (Å²) in [4.78, 5) is 33.3. The first-order valence-electron chi connectivity index (χ1n) is 9.46. The van der Waals surface area contributed by atoms with Gasteiger partial charge in [-0.1, -0.05) is 51.0 Å². The molecule has 0 aliphatic rings.